The van der Waals surface area contributed by atoms with Crippen molar-refractivity contribution in [3.05, 3.63) is 62.8 Å². The molecule has 1 aromatic carbocycles. The zero-order chi connectivity index (χ0) is 18.0. The maximum atomic E-state index is 13.2. The van der Waals surface area contributed by atoms with Gasteiger partial charge in [-0.1, -0.05) is 11.8 Å². The van der Waals surface area contributed by atoms with E-state index in [0.29, 0.717) is 23.1 Å². The molecule has 1 amide bonds. The Bertz CT molecular complexity index is 892. The molecule has 2 aromatic heterocycles. The Morgan fingerprint density at radius 3 is 2.64 bits per heavy atom. The minimum absolute atomic E-state index is 0.137. The van der Waals surface area contributed by atoms with Crippen molar-refractivity contribution >= 4 is 44.9 Å². The van der Waals surface area contributed by atoms with Crippen LogP contribution in [0.2, 0.25) is 0 Å². The lowest BCUT2D eigenvalue weighted by atomic mass is 10.3. The first-order chi connectivity index (χ1) is 12.0. The Morgan fingerprint density at radius 1 is 1.32 bits per heavy atom. The highest BCUT2D eigenvalue weighted by Gasteiger charge is 2.21. The molecule has 8 heteroatoms. The van der Waals surface area contributed by atoms with E-state index >= 15 is 0 Å². The van der Waals surface area contributed by atoms with Crippen LogP contribution in [0.1, 0.15) is 15.4 Å². The van der Waals surface area contributed by atoms with Crippen molar-refractivity contribution in [1.29, 1.82) is 0 Å². The molecule has 130 valence electrons. The number of hydrogen-bond acceptors (Lipinski definition) is 4. The van der Waals surface area contributed by atoms with Crippen LogP contribution in [-0.4, -0.2) is 33.7 Å². The van der Waals surface area contributed by atoms with Crippen LogP contribution in [0.15, 0.2) is 51.5 Å². The quantitative estimate of drug-likeness (QED) is 0.534. The molecule has 0 bridgehead atoms. The average molecular weight is 440 g/mol. The summed E-state index contributed by atoms with van der Waals surface area (Å²) < 4.78 is 16.0. The number of thioether (sulfide) groups is 1. The third-order valence-corrected chi connectivity index (χ3v) is 5.85. The predicted octanol–water partition coefficient (Wildman–Crippen LogP) is 4.83. The Balaban J connectivity index is 1.92. The first-order valence-electron chi connectivity index (χ1n) is 7.37. The second kappa shape index (κ2) is 7.72. The van der Waals surface area contributed by atoms with E-state index in [1.807, 2.05) is 18.4 Å². The Labute approximate surface area is 161 Å². The molecule has 0 spiro atoms. The van der Waals surface area contributed by atoms with Gasteiger partial charge in [-0.3, -0.25) is 9.36 Å². The van der Waals surface area contributed by atoms with Gasteiger partial charge in [-0.2, -0.15) is 0 Å². The van der Waals surface area contributed by atoms with Crippen LogP contribution in [0.5, 0.6) is 0 Å². The van der Waals surface area contributed by atoms with Gasteiger partial charge in [-0.25, -0.2) is 9.37 Å². The molecule has 0 aliphatic heterocycles. The van der Waals surface area contributed by atoms with E-state index in [2.05, 4.69) is 20.9 Å². The van der Waals surface area contributed by atoms with E-state index in [1.165, 1.54) is 23.9 Å². The number of rotatable bonds is 5. The summed E-state index contributed by atoms with van der Waals surface area (Å²) in [6.07, 6.45) is 3.46. The van der Waals surface area contributed by atoms with Gasteiger partial charge in [0.1, 0.15) is 11.5 Å². The Kier molecular flexibility index (Phi) is 5.61. The molecule has 4 nitrogen and oxygen atoms in total. The summed E-state index contributed by atoms with van der Waals surface area (Å²) >= 11 is 6.46. The van der Waals surface area contributed by atoms with E-state index in [-0.39, 0.29) is 11.7 Å². The third kappa shape index (κ3) is 3.96. The van der Waals surface area contributed by atoms with Crippen LogP contribution in [0.3, 0.4) is 0 Å². The van der Waals surface area contributed by atoms with Crippen LogP contribution in [0, 0.1) is 5.82 Å². The first kappa shape index (κ1) is 18.2. The summed E-state index contributed by atoms with van der Waals surface area (Å²) in [5, 5.41) is 0.683. The normalized spacial score (nSPS) is 10.9. The molecular formula is C17H15BrFN3OS2. The third-order valence-electron chi connectivity index (χ3n) is 3.58. The summed E-state index contributed by atoms with van der Waals surface area (Å²) in [5.74, 6) is -0.454. The zero-order valence-electron chi connectivity index (χ0n) is 13.6. The summed E-state index contributed by atoms with van der Waals surface area (Å²) in [4.78, 5) is 20.0. The number of carbonyl (C=O) groups excluding carboxylic acids is 1. The van der Waals surface area contributed by atoms with E-state index < -0.39 is 0 Å². The van der Waals surface area contributed by atoms with E-state index in [4.69, 9.17) is 0 Å². The molecule has 3 aromatic rings. The van der Waals surface area contributed by atoms with Gasteiger partial charge in [-0.05, 0) is 58.6 Å². The van der Waals surface area contributed by atoms with Crippen molar-refractivity contribution in [2.75, 3.05) is 13.3 Å². The minimum atomic E-state index is -0.317. The minimum Gasteiger partial charge on any atom is -0.335 e. The van der Waals surface area contributed by atoms with Crippen LogP contribution in [0.4, 0.5) is 4.39 Å². The monoisotopic (exact) mass is 439 g/mol. The second-order valence-corrected chi connectivity index (χ2v) is 8.63. The number of halogens is 2. The van der Waals surface area contributed by atoms with Gasteiger partial charge in [0.05, 0.1) is 16.5 Å². The zero-order valence-corrected chi connectivity index (χ0v) is 16.8. The summed E-state index contributed by atoms with van der Waals surface area (Å²) in [7, 11) is 1.76. The number of benzene rings is 1. The molecule has 2 heterocycles. The summed E-state index contributed by atoms with van der Waals surface area (Å²) in [5.41, 5.74) is 1.16. The molecule has 0 fully saturated rings. The highest BCUT2D eigenvalue weighted by atomic mass is 79.9. The molecule has 0 aliphatic rings. The fourth-order valence-electron chi connectivity index (χ4n) is 2.41. The van der Waals surface area contributed by atoms with E-state index in [0.717, 1.165) is 8.66 Å². The lowest BCUT2D eigenvalue weighted by Crippen LogP contribution is -2.27. The van der Waals surface area contributed by atoms with Crippen molar-refractivity contribution in [1.82, 2.24) is 14.5 Å². The van der Waals surface area contributed by atoms with E-state index in [1.54, 1.807) is 46.2 Å². The largest absolute Gasteiger partial charge is 0.335 e. The SMILES string of the molecule is CSc1ncc(C(=O)N(C)Cc2ccc(Br)s2)n1-c1ccc(F)cc1. The summed E-state index contributed by atoms with van der Waals surface area (Å²) in [6, 6.07) is 9.99. The molecule has 0 saturated heterocycles. The lowest BCUT2D eigenvalue weighted by molar-refractivity contribution is 0.0778. The van der Waals surface area contributed by atoms with E-state index in [9.17, 15) is 9.18 Å². The van der Waals surface area contributed by atoms with Crippen molar-refractivity contribution in [3.63, 3.8) is 0 Å². The number of thiophene rings is 1. The molecule has 0 aliphatic carbocycles. The van der Waals surface area contributed by atoms with Crippen molar-refractivity contribution in [3.8, 4) is 5.69 Å². The van der Waals surface area contributed by atoms with Gasteiger partial charge in [0.25, 0.3) is 5.91 Å². The second-order valence-electron chi connectivity index (χ2n) is 5.31. The number of imidazole rings is 1. The van der Waals surface area contributed by atoms with Crippen LogP contribution in [-0.2, 0) is 6.54 Å². The standard InChI is InChI=1S/C17H15BrFN3OS2/c1-21(10-13-7-8-15(18)25-13)16(23)14-9-20-17(24-2)22(14)12-5-3-11(19)4-6-12/h3-9H,10H2,1-2H3. The first-order valence-corrected chi connectivity index (χ1v) is 10.2. The molecule has 25 heavy (non-hydrogen) atoms. The molecule has 0 atom stereocenters. The van der Waals surface area contributed by atoms with Crippen LogP contribution in [0.25, 0.3) is 5.69 Å². The van der Waals surface area contributed by atoms with Crippen molar-refractivity contribution in [2.24, 2.45) is 0 Å². The van der Waals surface area contributed by atoms with Gasteiger partial charge in [0.2, 0.25) is 0 Å². The number of amides is 1. The maximum absolute atomic E-state index is 13.2. The molecule has 0 unspecified atom stereocenters. The molecule has 0 radical (unpaired) electrons. The fourth-order valence-corrected chi connectivity index (χ4v) is 4.49. The van der Waals surface area contributed by atoms with Crippen LogP contribution >= 0.6 is 39.0 Å². The lowest BCUT2D eigenvalue weighted by Gasteiger charge is -2.18. The molecule has 0 N–H and O–H groups in total. The van der Waals surface area contributed by atoms with Gasteiger partial charge in [0.15, 0.2) is 5.16 Å². The van der Waals surface area contributed by atoms with Gasteiger partial charge in [0, 0.05) is 17.6 Å². The molecular weight excluding hydrogens is 425 g/mol. The van der Waals surface area contributed by atoms with Crippen molar-refractivity contribution < 1.29 is 9.18 Å². The molecule has 0 saturated carbocycles. The topological polar surface area (TPSA) is 38.1 Å². The number of hydrogen-bond donors (Lipinski definition) is 0. The van der Waals surface area contributed by atoms with Crippen molar-refractivity contribution in [2.45, 2.75) is 11.7 Å². The maximum Gasteiger partial charge on any atom is 0.272 e. The fraction of sp³-hybridized carbons (Fsp3) is 0.176. The van der Waals surface area contributed by atoms with Gasteiger partial charge >= 0.3 is 0 Å². The highest BCUT2D eigenvalue weighted by Crippen LogP contribution is 2.25. The van der Waals surface area contributed by atoms with Gasteiger partial charge in [-0.15, -0.1) is 11.3 Å². The summed E-state index contributed by atoms with van der Waals surface area (Å²) in [6.45, 7) is 0.512. The van der Waals surface area contributed by atoms with Crippen LogP contribution < -0.4 is 0 Å². The molecule has 3 rings (SSSR count). The number of nitrogens with zero attached hydrogens (tertiary/aromatic N) is 3. The average Bonchev–Trinajstić information content (AvgIpc) is 3.20. The van der Waals surface area contributed by atoms with Gasteiger partial charge < -0.3 is 4.90 Å². The number of aromatic nitrogens is 2. The highest BCUT2D eigenvalue weighted by molar-refractivity contribution is 9.11. The smallest absolute Gasteiger partial charge is 0.272 e. The Hall–Kier alpha value is -1.64. The predicted molar refractivity (Wildman–Crippen MR) is 103 cm³/mol. The Morgan fingerprint density at radius 2 is 2.04 bits per heavy atom. The number of carbonyl (C=O) groups is 1.